The number of amides is 2. The maximum absolute atomic E-state index is 13.2. The Kier molecular flexibility index (Phi) is 5.20. The van der Waals surface area contributed by atoms with E-state index in [9.17, 15) is 9.59 Å². The van der Waals surface area contributed by atoms with E-state index in [0.717, 1.165) is 26.4 Å². The van der Waals surface area contributed by atoms with Gasteiger partial charge in [0.15, 0.2) is 0 Å². The van der Waals surface area contributed by atoms with Crippen LogP contribution in [-0.4, -0.2) is 33.6 Å². The highest BCUT2D eigenvalue weighted by Gasteiger charge is 2.30. The summed E-state index contributed by atoms with van der Waals surface area (Å²) in [6.45, 7) is 3.52. The summed E-state index contributed by atoms with van der Waals surface area (Å²) >= 11 is 1.61. The van der Waals surface area contributed by atoms with Gasteiger partial charge in [0.25, 0.3) is 0 Å². The van der Waals surface area contributed by atoms with Crippen molar-refractivity contribution in [3.8, 4) is 0 Å². The number of thiazole rings is 1. The van der Waals surface area contributed by atoms with Crippen LogP contribution in [0, 0.1) is 0 Å². The van der Waals surface area contributed by atoms with E-state index in [4.69, 9.17) is 4.98 Å². The highest BCUT2D eigenvalue weighted by atomic mass is 32.1. The van der Waals surface area contributed by atoms with Gasteiger partial charge < -0.3 is 9.80 Å². The number of carbonyl (C=O) groups is 2. The Morgan fingerprint density at radius 1 is 1.17 bits per heavy atom. The van der Waals surface area contributed by atoms with Gasteiger partial charge in [-0.3, -0.25) is 9.59 Å². The minimum atomic E-state index is -0.300. The monoisotopic (exact) mass is 405 g/mol. The van der Waals surface area contributed by atoms with E-state index in [0.29, 0.717) is 0 Å². The van der Waals surface area contributed by atoms with Gasteiger partial charge in [0.2, 0.25) is 11.8 Å². The summed E-state index contributed by atoms with van der Waals surface area (Å²) in [5, 5.41) is 0.911. The number of hydrogen-bond donors (Lipinski definition) is 0. The fourth-order valence-electron chi connectivity index (χ4n) is 3.67. The molecule has 4 rings (SSSR count). The van der Waals surface area contributed by atoms with E-state index >= 15 is 0 Å². The van der Waals surface area contributed by atoms with Crippen LogP contribution in [0.5, 0.6) is 0 Å². The first-order valence-corrected chi connectivity index (χ1v) is 10.4. The van der Waals surface area contributed by atoms with Crippen LogP contribution < -0.4 is 0 Å². The molecule has 2 amide bonds. The summed E-state index contributed by atoms with van der Waals surface area (Å²) in [7, 11) is 1.81. The average Bonchev–Trinajstić information content (AvgIpc) is 3.16. The first-order chi connectivity index (χ1) is 14.0. The smallest absolute Gasteiger partial charge is 0.225 e. The zero-order valence-electron chi connectivity index (χ0n) is 16.7. The van der Waals surface area contributed by atoms with Crippen LogP contribution in [0.3, 0.4) is 0 Å². The molecule has 0 unspecified atom stereocenters. The topological polar surface area (TPSA) is 53.5 Å². The van der Waals surface area contributed by atoms with Crippen LogP contribution in [0.25, 0.3) is 16.3 Å². The molecule has 148 valence electrons. The highest BCUT2D eigenvalue weighted by molar-refractivity contribution is 7.18. The summed E-state index contributed by atoms with van der Waals surface area (Å²) in [4.78, 5) is 33.4. The van der Waals surface area contributed by atoms with Crippen molar-refractivity contribution < 1.29 is 9.59 Å². The molecule has 0 N–H and O–H groups in total. The SMILES string of the molecule is CC(=O)N1C=Cc2ccccc2[C@@H]1CC(=O)N(C)[C@@H](C)c1nc2ccccc2s1. The molecule has 0 aliphatic carbocycles. The Bertz CT molecular complexity index is 1070. The highest BCUT2D eigenvalue weighted by Crippen LogP contribution is 2.35. The molecule has 1 aliphatic heterocycles. The Hall–Kier alpha value is -2.99. The van der Waals surface area contributed by atoms with Gasteiger partial charge in [-0.25, -0.2) is 4.98 Å². The quantitative estimate of drug-likeness (QED) is 0.628. The molecule has 0 saturated heterocycles. The van der Waals surface area contributed by atoms with Gasteiger partial charge in [-0.05, 0) is 36.3 Å². The Morgan fingerprint density at radius 2 is 1.90 bits per heavy atom. The van der Waals surface area contributed by atoms with Crippen LogP contribution in [0.1, 0.15) is 48.5 Å². The molecule has 2 atom stereocenters. The lowest BCUT2D eigenvalue weighted by molar-refractivity contribution is -0.135. The maximum Gasteiger partial charge on any atom is 0.225 e. The second-order valence-corrected chi connectivity index (χ2v) is 8.35. The maximum atomic E-state index is 13.2. The molecular weight excluding hydrogens is 382 g/mol. The summed E-state index contributed by atoms with van der Waals surface area (Å²) in [6.07, 6.45) is 3.93. The first kappa shape index (κ1) is 19.3. The number of benzene rings is 2. The molecule has 0 radical (unpaired) electrons. The van der Waals surface area contributed by atoms with Crippen molar-refractivity contribution in [1.29, 1.82) is 0 Å². The van der Waals surface area contributed by atoms with E-state index in [1.165, 1.54) is 6.92 Å². The molecule has 1 aliphatic rings. The number of fused-ring (bicyclic) bond motifs is 2. The van der Waals surface area contributed by atoms with Gasteiger partial charge in [0.05, 0.1) is 28.7 Å². The molecule has 0 bridgehead atoms. The zero-order chi connectivity index (χ0) is 20.5. The third kappa shape index (κ3) is 3.68. The zero-order valence-corrected chi connectivity index (χ0v) is 17.5. The summed E-state index contributed by atoms with van der Waals surface area (Å²) in [5.41, 5.74) is 3.00. The molecule has 0 saturated carbocycles. The fraction of sp³-hybridized carbons (Fsp3) is 0.261. The molecular formula is C23H23N3O2S. The van der Waals surface area contributed by atoms with Crippen molar-refractivity contribution in [3.05, 3.63) is 70.9 Å². The number of para-hydroxylation sites is 1. The van der Waals surface area contributed by atoms with Gasteiger partial charge >= 0.3 is 0 Å². The molecule has 6 heteroatoms. The van der Waals surface area contributed by atoms with Crippen LogP contribution in [0.15, 0.2) is 54.7 Å². The van der Waals surface area contributed by atoms with E-state index in [1.807, 2.05) is 68.6 Å². The largest absolute Gasteiger partial charge is 0.336 e. The van der Waals surface area contributed by atoms with Gasteiger partial charge in [-0.2, -0.15) is 0 Å². The number of aromatic nitrogens is 1. The van der Waals surface area contributed by atoms with E-state index < -0.39 is 0 Å². The van der Waals surface area contributed by atoms with Gasteiger partial charge in [-0.1, -0.05) is 36.4 Å². The lowest BCUT2D eigenvalue weighted by atomic mass is 9.93. The summed E-state index contributed by atoms with van der Waals surface area (Å²) in [6, 6.07) is 15.5. The molecule has 2 heterocycles. The number of rotatable bonds is 4. The first-order valence-electron chi connectivity index (χ1n) is 9.63. The lowest BCUT2D eigenvalue weighted by Crippen LogP contribution is -2.36. The van der Waals surface area contributed by atoms with Gasteiger partial charge in [-0.15, -0.1) is 11.3 Å². The molecule has 3 aromatic rings. The number of carbonyl (C=O) groups excluding carboxylic acids is 2. The molecule has 0 spiro atoms. The van der Waals surface area contributed by atoms with E-state index in [1.54, 1.807) is 27.3 Å². The van der Waals surface area contributed by atoms with Crippen molar-refractivity contribution in [2.45, 2.75) is 32.4 Å². The number of hydrogen-bond acceptors (Lipinski definition) is 4. The average molecular weight is 406 g/mol. The van der Waals surface area contributed by atoms with Crippen LogP contribution in [0.2, 0.25) is 0 Å². The van der Waals surface area contributed by atoms with Crippen LogP contribution in [0.4, 0.5) is 0 Å². The Balaban J connectivity index is 1.56. The predicted octanol–water partition coefficient (Wildman–Crippen LogP) is 4.78. The molecule has 0 fully saturated rings. The van der Waals surface area contributed by atoms with Crippen molar-refractivity contribution in [2.75, 3.05) is 7.05 Å². The fourth-order valence-corrected chi connectivity index (χ4v) is 4.74. The van der Waals surface area contributed by atoms with E-state index in [2.05, 4.69) is 0 Å². The van der Waals surface area contributed by atoms with Crippen molar-refractivity contribution in [2.24, 2.45) is 0 Å². The normalized spacial score (nSPS) is 16.5. The minimum Gasteiger partial charge on any atom is -0.336 e. The third-order valence-corrected chi connectivity index (χ3v) is 6.69. The predicted molar refractivity (Wildman–Crippen MR) is 116 cm³/mol. The van der Waals surface area contributed by atoms with Gasteiger partial charge in [0.1, 0.15) is 5.01 Å². The van der Waals surface area contributed by atoms with E-state index in [-0.39, 0.29) is 30.3 Å². The molecule has 29 heavy (non-hydrogen) atoms. The Morgan fingerprint density at radius 3 is 2.66 bits per heavy atom. The number of nitrogens with zero attached hydrogens (tertiary/aromatic N) is 3. The van der Waals surface area contributed by atoms with Gasteiger partial charge in [0, 0.05) is 20.2 Å². The molecule has 5 nitrogen and oxygen atoms in total. The van der Waals surface area contributed by atoms with Crippen molar-refractivity contribution in [3.63, 3.8) is 0 Å². The van der Waals surface area contributed by atoms with Crippen molar-refractivity contribution in [1.82, 2.24) is 14.8 Å². The standard InChI is InChI=1S/C23H23N3O2S/c1-15(23-24-19-10-6-7-11-21(19)29-23)25(3)22(28)14-20-18-9-5-4-8-17(18)12-13-26(20)16(2)27/h4-13,15,20H,14H2,1-3H3/t15-,20-/m0/s1. The molecule has 1 aromatic heterocycles. The molecule has 2 aromatic carbocycles. The van der Waals surface area contributed by atoms with Crippen LogP contribution >= 0.6 is 11.3 Å². The second kappa shape index (κ2) is 7.79. The second-order valence-electron chi connectivity index (χ2n) is 7.29. The van der Waals surface area contributed by atoms with Crippen molar-refractivity contribution >= 4 is 39.4 Å². The third-order valence-electron chi connectivity index (χ3n) is 5.48. The minimum absolute atomic E-state index is 0.0156. The Labute approximate surface area is 174 Å². The summed E-state index contributed by atoms with van der Waals surface area (Å²) < 4.78 is 1.12. The lowest BCUT2D eigenvalue weighted by Gasteiger charge is -2.34. The summed E-state index contributed by atoms with van der Waals surface area (Å²) in [5.74, 6) is -0.0893. The van der Waals surface area contributed by atoms with Crippen LogP contribution in [-0.2, 0) is 9.59 Å².